The van der Waals surface area contributed by atoms with Crippen molar-refractivity contribution in [3.63, 3.8) is 0 Å². The molecule has 0 amide bonds. The van der Waals surface area contributed by atoms with Gasteiger partial charge in [-0.3, -0.25) is 25.5 Å². The summed E-state index contributed by atoms with van der Waals surface area (Å²) in [6.45, 7) is 0. The lowest BCUT2D eigenvalue weighted by molar-refractivity contribution is -0.394. The number of benzene rings is 1. The quantitative estimate of drug-likeness (QED) is 0.246. The third kappa shape index (κ3) is 3.13. The normalized spacial score (nSPS) is 14.4. The molecule has 14 nitrogen and oxygen atoms in total. The van der Waals surface area contributed by atoms with Crippen LogP contribution in [0.3, 0.4) is 0 Å². The number of aromatic nitrogens is 1. The molecule has 1 aliphatic heterocycles. The summed E-state index contributed by atoms with van der Waals surface area (Å²) in [4.78, 5) is 29.2. The number of hydrogen-bond acceptors (Lipinski definition) is 12. The minimum Gasteiger partial charge on any atom is -0.397 e. The summed E-state index contributed by atoms with van der Waals surface area (Å²) in [7, 11) is 0. The lowest BCUT2D eigenvalue weighted by Gasteiger charge is -2.25. The lowest BCUT2D eigenvalue weighted by Crippen LogP contribution is -2.33. The first-order chi connectivity index (χ1) is 13.8. The molecule has 144 valence electrons. The van der Waals surface area contributed by atoms with Gasteiger partial charge in [-0.15, -0.1) is 0 Å². The maximum atomic E-state index is 11.6. The molecule has 2 heterocycles. The Labute approximate surface area is 161 Å². The van der Waals surface area contributed by atoms with E-state index in [1.165, 1.54) is 0 Å². The number of nitriles is 2. The van der Waals surface area contributed by atoms with E-state index in [2.05, 4.69) is 20.6 Å². The number of aliphatic imine (C=N–C) groups is 1. The zero-order chi connectivity index (χ0) is 21.3. The maximum Gasteiger partial charge on any atom is 0.281 e. The molecule has 0 saturated heterocycles. The molecule has 1 aromatic heterocycles. The van der Waals surface area contributed by atoms with Crippen molar-refractivity contribution in [2.45, 2.75) is 6.04 Å². The van der Waals surface area contributed by atoms with E-state index in [0.29, 0.717) is 0 Å². The molecule has 1 aliphatic rings. The number of rotatable bonds is 3. The zero-order valence-corrected chi connectivity index (χ0v) is 14.3. The molecule has 6 N–H and O–H groups in total. The molecule has 0 bridgehead atoms. The summed E-state index contributed by atoms with van der Waals surface area (Å²) in [6.07, 6.45) is 1.64. The third-order valence-electron chi connectivity index (χ3n) is 4.07. The van der Waals surface area contributed by atoms with E-state index in [4.69, 9.17) is 16.7 Å². The molecular formula is C15H10N10O4. The van der Waals surface area contributed by atoms with Gasteiger partial charge in [-0.2, -0.15) is 10.5 Å². The predicted octanol–water partition coefficient (Wildman–Crippen LogP) is 0.876. The Balaban J connectivity index is 2.32. The number of nitrogens with zero attached hydrogens (tertiary/aromatic N) is 6. The van der Waals surface area contributed by atoms with Crippen LogP contribution in [-0.4, -0.2) is 20.8 Å². The molecule has 3 rings (SSSR count). The van der Waals surface area contributed by atoms with Crippen molar-refractivity contribution < 1.29 is 9.85 Å². The molecule has 0 saturated carbocycles. The number of nitro benzene ring substituents is 2. The number of pyridine rings is 1. The molecule has 1 atom stereocenters. The number of nitrogens with one attached hydrogen (secondary N) is 2. The van der Waals surface area contributed by atoms with Gasteiger partial charge in [0.05, 0.1) is 27.2 Å². The van der Waals surface area contributed by atoms with Crippen molar-refractivity contribution in [3.05, 3.63) is 55.1 Å². The van der Waals surface area contributed by atoms with Gasteiger partial charge in [-0.05, 0) is 6.07 Å². The fourth-order valence-corrected chi connectivity index (χ4v) is 2.84. The lowest BCUT2D eigenvalue weighted by atomic mass is 9.94. The third-order valence-corrected chi connectivity index (χ3v) is 4.07. The van der Waals surface area contributed by atoms with E-state index in [1.807, 2.05) is 0 Å². The van der Waals surface area contributed by atoms with Crippen LogP contribution < -0.4 is 22.1 Å². The zero-order valence-electron chi connectivity index (χ0n) is 14.3. The van der Waals surface area contributed by atoms with Gasteiger partial charge >= 0.3 is 0 Å². The first kappa shape index (κ1) is 18.8. The molecule has 0 spiro atoms. The molecule has 0 radical (unpaired) electrons. The summed E-state index contributed by atoms with van der Waals surface area (Å²) < 4.78 is 0. The van der Waals surface area contributed by atoms with Crippen molar-refractivity contribution in [2.24, 2.45) is 4.99 Å². The van der Waals surface area contributed by atoms with E-state index in [0.717, 1.165) is 18.2 Å². The molecule has 29 heavy (non-hydrogen) atoms. The summed E-state index contributed by atoms with van der Waals surface area (Å²) in [5, 5.41) is 45.6. The second kappa shape index (κ2) is 6.97. The number of nitro groups is 2. The Hall–Kier alpha value is -4.98. The van der Waals surface area contributed by atoms with Crippen LogP contribution in [0, 0.1) is 43.0 Å². The SMILES string of the molecule is N#CNC1=NC(c2ccc([N+](=O)[O-])cc2[N+](=O)[O-])c2c(nc(N)c(C#N)c2N)N1. The van der Waals surface area contributed by atoms with Gasteiger partial charge in [0.1, 0.15) is 29.3 Å². The van der Waals surface area contributed by atoms with Crippen molar-refractivity contribution in [1.82, 2.24) is 10.3 Å². The average molecular weight is 394 g/mol. The van der Waals surface area contributed by atoms with Crippen LogP contribution in [-0.2, 0) is 0 Å². The van der Waals surface area contributed by atoms with Crippen LogP contribution in [0.1, 0.15) is 22.7 Å². The molecule has 14 heteroatoms. The molecule has 0 aliphatic carbocycles. The average Bonchev–Trinajstić information content (AvgIpc) is 2.67. The van der Waals surface area contributed by atoms with E-state index >= 15 is 0 Å². The van der Waals surface area contributed by atoms with Crippen molar-refractivity contribution in [2.75, 3.05) is 16.8 Å². The van der Waals surface area contributed by atoms with Crippen LogP contribution in [0.5, 0.6) is 0 Å². The van der Waals surface area contributed by atoms with Gasteiger partial charge in [0.2, 0.25) is 5.96 Å². The Morgan fingerprint density at radius 1 is 1.21 bits per heavy atom. The van der Waals surface area contributed by atoms with Crippen LogP contribution in [0.4, 0.5) is 28.7 Å². The van der Waals surface area contributed by atoms with Gasteiger partial charge in [0, 0.05) is 11.6 Å². The second-order valence-corrected chi connectivity index (χ2v) is 5.66. The predicted molar refractivity (Wildman–Crippen MR) is 99.2 cm³/mol. The van der Waals surface area contributed by atoms with E-state index < -0.39 is 27.3 Å². The van der Waals surface area contributed by atoms with E-state index in [-0.39, 0.29) is 40.0 Å². The van der Waals surface area contributed by atoms with Crippen molar-refractivity contribution in [1.29, 1.82) is 10.5 Å². The Morgan fingerprint density at radius 2 is 1.93 bits per heavy atom. The van der Waals surface area contributed by atoms with Gasteiger partial charge in [0.15, 0.2) is 6.19 Å². The van der Waals surface area contributed by atoms with Gasteiger partial charge in [-0.1, -0.05) is 0 Å². The van der Waals surface area contributed by atoms with Crippen LogP contribution in [0.25, 0.3) is 0 Å². The van der Waals surface area contributed by atoms with Crippen LogP contribution in [0.15, 0.2) is 23.2 Å². The second-order valence-electron chi connectivity index (χ2n) is 5.66. The number of guanidine groups is 1. The summed E-state index contributed by atoms with van der Waals surface area (Å²) in [6, 6.07) is 3.63. The first-order valence-corrected chi connectivity index (χ1v) is 7.70. The Bertz CT molecular complexity index is 1180. The van der Waals surface area contributed by atoms with Crippen molar-refractivity contribution >= 4 is 34.7 Å². The van der Waals surface area contributed by atoms with Crippen molar-refractivity contribution in [3.8, 4) is 12.3 Å². The molecule has 1 unspecified atom stereocenters. The molecule has 0 fully saturated rings. The van der Waals surface area contributed by atoms with Gasteiger partial charge < -0.3 is 16.8 Å². The number of fused-ring (bicyclic) bond motifs is 1. The topological polar surface area (TPSA) is 235 Å². The highest BCUT2D eigenvalue weighted by Gasteiger charge is 2.34. The Morgan fingerprint density at radius 3 is 2.52 bits per heavy atom. The molecule has 2 aromatic rings. The standard InChI is InChI=1S/C15H10N10O4/c16-4-8-11(18)10-12(21-15(20-5-17)23-14(10)22-13(8)19)7-2-1-6(24(26)27)3-9(7)25(28)29/h1-3,12H,(H6,18,19,20,21,22,23). The number of non-ortho nitro benzene ring substituents is 1. The van der Waals surface area contributed by atoms with Crippen LogP contribution in [0.2, 0.25) is 0 Å². The van der Waals surface area contributed by atoms with Crippen LogP contribution >= 0.6 is 0 Å². The number of hydrogen-bond donors (Lipinski definition) is 4. The highest BCUT2D eigenvalue weighted by atomic mass is 16.6. The van der Waals surface area contributed by atoms with Gasteiger partial charge in [0.25, 0.3) is 11.4 Å². The summed E-state index contributed by atoms with van der Waals surface area (Å²) >= 11 is 0. The summed E-state index contributed by atoms with van der Waals surface area (Å²) in [5.74, 6) is -0.260. The highest BCUT2D eigenvalue weighted by molar-refractivity contribution is 5.98. The monoisotopic (exact) mass is 394 g/mol. The summed E-state index contributed by atoms with van der Waals surface area (Å²) in [5.41, 5.74) is 10.5. The maximum absolute atomic E-state index is 11.6. The molecular weight excluding hydrogens is 384 g/mol. The van der Waals surface area contributed by atoms with E-state index in [9.17, 15) is 25.5 Å². The largest absolute Gasteiger partial charge is 0.397 e. The number of nitrogen functional groups attached to an aromatic ring is 2. The smallest absolute Gasteiger partial charge is 0.281 e. The minimum absolute atomic E-state index is 0.0319. The molecule has 1 aromatic carbocycles. The van der Waals surface area contributed by atoms with E-state index in [1.54, 1.807) is 12.3 Å². The Kier molecular flexibility index (Phi) is 4.52. The fourth-order valence-electron chi connectivity index (χ4n) is 2.84. The highest BCUT2D eigenvalue weighted by Crippen LogP contribution is 2.43. The number of anilines is 3. The fraction of sp³-hybridized carbons (Fsp3) is 0.0667. The minimum atomic E-state index is -1.19. The number of nitrogens with two attached hydrogens (primary N) is 2. The van der Waals surface area contributed by atoms with Gasteiger partial charge in [-0.25, -0.2) is 9.98 Å². The first-order valence-electron chi connectivity index (χ1n) is 7.70.